The SMILES string of the molecule is CC(C)(C)c1ccc2nnc(C3CCN(C(=O)C4CCNC(=O)C4)CC3)n2n1. The summed E-state index contributed by atoms with van der Waals surface area (Å²) in [6.07, 6.45) is 2.73. The minimum absolute atomic E-state index is 0.0184. The normalized spacial score (nSPS) is 21.8. The zero-order valence-corrected chi connectivity index (χ0v) is 16.8. The van der Waals surface area contributed by atoms with Crippen LogP contribution in [0.2, 0.25) is 0 Å². The van der Waals surface area contributed by atoms with E-state index in [1.807, 2.05) is 21.5 Å². The van der Waals surface area contributed by atoms with E-state index in [0.29, 0.717) is 26.1 Å². The molecule has 0 aliphatic carbocycles. The Labute approximate surface area is 164 Å². The van der Waals surface area contributed by atoms with E-state index in [-0.39, 0.29) is 29.1 Å². The number of nitrogens with one attached hydrogen (secondary N) is 1. The van der Waals surface area contributed by atoms with Gasteiger partial charge >= 0.3 is 0 Å². The van der Waals surface area contributed by atoms with Crippen LogP contribution in [0, 0.1) is 5.92 Å². The summed E-state index contributed by atoms with van der Waals surface area (Å²) < 4.78 is 1.87. The molecule has 0 saturated carbocycles. The lowest BCUT2D eigenvalue weighted by atomic mass is 9.91. The van der Waals surface area contributed by atoms with Crippen LogP contribution < -0.4 is 5.32 Å². The fourth-order valence-electron chi connectivity index (χ4n) is 4.07. The molecule has 2 aromatic heterocycles. The Kier molecular flexibility index (Phi) is 4.81. The number of amides is 2. The molecule has 4 rings (SSSR count). The van der Waals surface area contributed by atoms with Gasteiger partial charge in [0, 0.05) is 43.3 Å². The van der Waals surface area contributed by atoms with E-state index in [0.717, 1.165) is 36.4 Å². The van der Waals surface area contributed by atoms with E-state index in [9.17, 15) is 9.59 Å². The predicted molar refractivity (Wildman–Crippen MR) is 104 cm³/mol. The van der Waals surface area contributed by atoms with Crippen molar-refractivity contribution in [2.24, 2.45) is 5.92 Å². The summed E-state index contributed by atoms with van der Waals surface area (Å²) in [5.74, 6) is 1.04. The van der Waals surface area contributed by atoms with E-state index in [1.54, 1.807) is 0 Å². The molecule has 0 aromatic carbocycles. The third kappa shape index (κ3) is 3.59. The molecule has 1 unspecified atom stereocenters. The Morgan fingerprint density at radius 2 is 1.89 bits per heavy atom. The first-order valence-corrected chi connectivity index (χ1v) is 10.1. The molecule has 2 saturated heterocycles. The van der Waals surface area contributed by atoms with E-state index in [1.165, 1.54) is 0 Å². The van der Waals surface area contributed by atoms with Gasteiger partial charge in [0.15, 0.2) is 11.5 Å². The molecule has 2 amide bonds. The van der Waals surface area contributed by atoms with Crippen molar-refractivity contribution in [1.82, 2.24) is 30.0 Å². The van der Waals surface area contributed by atoms with Crippen molar-refractivity contribution in [3.8, 4) is 0 Å². The van der Waals surface area contributed by atoms with Crippen molar-refractivity contribution in [1.29, 1.82) is 0 Å². The fraction of sp³-hybridized carbons (Fsp3) is 0.650. The monoisotopic (exact) mass is 384 g/mol. The highest BCUT2D eigenvalue weighted by atomic mass is 16.2. The van der Waals surface area contributed by atoms with Crippen molar-refractivity contribution in [3.63, 3.8) is 0 Å². The molecule has 0 bridgehead atoms. The van der Waals surface area contributed by atoms with E-state index in [2.05, 4.69) is 36.3 Å². The van der Waals surface area contributed by atoms with Crippen LogP contribution >= 0.6 is 0 Å². The zero-order chi connectivity index (χ0) is 19.9. The summed E-state index contributed by atoms with van der Waals surface area (Å²) >= 11 is 0. The summed E-state index contributed by atoms with van der Waals surface area (Å²) in [7, 11) is 0. The maximum Gasteiger partial charge on any atom is 0.226 e. The Hall–Kier alpha value is -2.51. The van der Waals surface area contributed by atoms with Crippen LogP contribution in [0.1, 0.15) is 63.9 Å². The predicted octanol–water partition coefficient (Wildman–Crippen LogP) is 1.65. The van der Waals surface area contributed by atoms with Crippen LogP contribution in [0.4, 0.5) is 0 Å². The van der Waals surface area contributed by atoms with E-state index < -0.39 is 0 Å². The molecule has 0 spiro atoms. The van der Waals surface area contributed by atoms with Gasteiger partial charge in [0.05, 0.1) is 5.69 Å². The Morgan fingerprint density at radius 3 is 2.57 bits per heavy atom. The Balaban J connectivity index is 1.46. The molecule has 28 heavy (non-hydrogen) atoms. The van der Waals surface area contributed by atoms with E-state index >= 15 is 0 Å². The lowest BCUT2D eigenvalue weighted by Gasteiger charge is -2.34. The number of carbonyl (C=O) groups excluding carboxylic acids is 2. The molecule has 2 fully saturated rings. The number of nitrogens with zero attached hydrogens (tertiary/aromatic N) is 5. The molecule has 1 N–H and O–H groups in total. The number of carbonyl (C=O) groups is 2. The average Bonchev–Trinajstić information content (AvgIpc) is 3.10. The van der Waals surface area contributed by atoms with Gasteiger partial charge in [0.25, 0.3) is 0 Å². The average molecular weight is 384 g/mol. The first-order chi connectivity index (χ1) is 13.3. The number of piperidine rings is 2. The second-order valence-corrected chi connectivity index (χ2v) is 8.94. The first kappa shape index (κ1) is 18.8. The lowest BCUT2D eigenvalue weighted by molar-refractivity contribution is -0.141. The summed E-state index contributed by atoms with van der Waals surface area (Å²) in [5.41, 5.74) is 1.72. The largest absolute Gasteiger partial charge is 0.356 e. The minimum atomic E-state index is -0.171. The van der Waals surface area contributed by atoms with Crippen LogP contribution in [0.5, 0.6) is 0 Å². The lowest BCUT2D eigenvalue weighted by Crippen LogP contribution is -2.45. The number of fused-ring (bicyclic) bond motifs is 1. The molecule has 2 aromatic rings. The summed E-state index contributed by atoms with van der Waals surface area (Å²) in [6.45, 7) is 8.40. The first-order valence-electron chi connectivity index (χ1n) is 10.1. The maximum atomic E-state index is 12.8. The topological polar surface area (TPSA) is 92.5 Å². The summed E-state index contributed by atoms with van der Waals surface area (Å²) in [5, 5.41) is 16.3. The zero-order valence-electron chi connectivity index (χ0n) is 16.8. The maximum absolute atomic E-state index is 12.8. The van der Waals surface area contributed by atoms with Gasteiger partial charge in [-0.05, 0) is 31.4 Å². The molecular weight excluding hydrogens is 356 g/mol. The van der Waals surface area contributed by atoms with Gasteiger partial charge in [-0.2, -0.15) is 9.61 Å². The van der Waals surface area contributed by atoms with Crippen LogP contribution in [0.15, 0.2) is 12.1 Å². The molecule has 150 valence electrons. The van der Waals surface area contributed by atoms with Gasteiger partial charge in [-0.3, -0.25) is 9.59 Å². The molecule has 8 heteroatoms. The van der Waals surface area contributed by atoms with Crippen LogP contribution in [0.3, 0.4) is 0 Å². The number of hydrogen-bond donors (Lipinski definition) is 1. The quantitative estimate of drug-likeness (QED) is 0.850. The standard InChI is InChI=1S/C20H28N6O2/c1-20(2,3)15-4-5-16-22-23-18(26(16)24-15)13-7-10-25(11-8-13)19(28)14-6-9-21-17(27)12-14/h4-5,13-14H,6-12H2,1-3H3,(H,21,27). The number of likely N-dealkylation sites (tertiary alicyclic amines) is 1. The number of aromatic nitrogens is 4. The van der Waals surface area contributed by atoms with Gasteiger partial charge in [0.1, 0.15) is 0 Å². The van der Waals surface area contributed by atoms with Crippen LogP contribution in [0.25, 0.3) is 5.65 Å². The molecule has 8 nitrogen and oxygen atoms in total. The number of rotatable bonds is 2. The second kappa shape index (κ2) is 7.14. The molecule has 2 aliphatic rings. The molecular formula is C20H28N6O2. The molecule has 1 atom stereocenters. The van der Waals surface area contributed by atoms with Crippen molar-refractivity contribution >= 4 is 17.5 Å². The fourth-order valence-corrected chi connectivity index (χ4v) is 4.07. The highest BCUT2D eigenvalue weighted by molar-refractivity contribution is 5.87. The smallest absolute Gasteiger partial charge is 0.226 e. The van der Waals surface area contributed by atoms with Crippen LogP contribution in [-0.2, 0) is 15.0 Å². The molecule has 2 aliphatic heterocycles. The van der Waals surface area contributed by atoms with Gasteiger partial charge in [0.2, 0.25) is 11.8 Å². The summed E-state index contributed by atoms with van der Waals surface area (Å²) in [4.78, 5) is 26.3. The Morgan fingerprint density at radius 1 is 1.14 bits per heavy atom. The summed E-state index contributed by atoms with van der Waals surface area (Å²) in [6, 6.07) is 3.98. The minimum Gasteiger partial charge on any atom is -0.356 e. The number of hydrogen-bond acceptors (Lipinski definition) is 5. The van der Waals surface area contributed by atoms with Crippen molar-refractivity contribution in [3.05, 3.63) is 23.7 Å². The second-order valence-electron chi connectivity index (χ2n) is 8.94. The van der Waals surface area contributed by atoms with Crippen LogP contribution in [-0.4, -0.2) is 56.2 Å². The van der Waals surface area contributed by atoms with Gasteiger partial charge in [-0.15, -0.1) is 10.2 Å². The third-order valence-corrected chi connectivity index (χ3v) is 5.82. The van der Waals surface area contributed by atoms with Gasteiger partial charge in [-0.25, -0.2) is 0 Å². The van der Waals surface area contributed by atoms with Crippen molar-refractivity contribution in [2.45, 2.75) is 57.8 Å². The highest BCUT2D eigenvalue weighted by Gasteiger charge is 2.33. The molecule has 0 radical (unpaired) electrons. The Bertz CT molecular complexity index is 892. The third-order valence-electron chi connectivity index (χ3n) is 5.82. The highest BCUT2D eigenvalue weighted by Crippen LogP contribution is 2.29. The molecule has 4 heterocycles. The van der Waals surface area contributed by atoms with E-state index in [4.69, 9.17) is 5.10 Å². The van der Waals surface area contributed by atoms with Gasteiger partial charge in [-0.1, -0.05) is 20.8 Å². The van der Waals surface area contributed by atoms with Crippen molar-refractivity contribution < 1.29 is 9.59 Å². The van der Waals surface area contributed by atoms with Crippen molar-refractivity contribution in [2.75, 3.05) is 19.6 Å². The van der Waals surface area contributed by atoms with Gasteiger partial charge < -0.3 is 10.2 Å².